The fraction of sp³-hybridized carbons (Fsp3) is 0.647. The van der Waals surface area contributed by atoms with Gasteiger partial charge >= 0.3 is 0 Å². The quantitative estimate of drug-likeness (QED) is 0.934. The second kappa shape index (κ2) is 6.27. The van der Waals surface area contributed by atoms with Crippen molar-refractivity contribution in [3.8, 4) is 0 Å². The minimum absolute atomic E-state index is 0.0878. The number of halogens is 2. The van der Waals surface area contributed by atoms with Gasteiger partial charge in [-0.05, 0) is 26.2 Å². The molecule has 24 heavy (non-hydrogen) atoms. The van der Waals surface area contributed by atoms with Crippen LogP contribution in [0.2, 0.25) is 0 Å². The average molecular weight is 336 g/mol. The summed E-state index contributed by atoms with van der Waals surface area (Å²) >= 11 is 0. The molecule has 0 spiro atoms. The first kappa shape index (κ1) is 15.7. The van der Waals surface area contributed by atoms with Crippen LogP contribution in [0.3, 0.4) is 0 Å². The van der Waals surface area contributed by atoms with Crippen molar-refractivity contribution in [1.82, 2.24) is 14.6 Å². The third-order valence-electron chi connectivity index (χ3n) is 5.24. The maximum Gasteiger partial charge on any atom is 0.241 e. The van der Waals surface area contributed by atoms with Gasteiger partial charge in [-0.15, -0.1) is 5.10 Å². The monoisotopic (exact) mass is 336 g/mol. The number of nitrogens with one attached hydrogen (secondary N) is 1. The van der Waals surface area contributed by atoms with Gasteiger partial charge in [0.25, 0.3) is 0 Å². The number of rotatable bonds is 3. The van der Waals surface area contributed by atoms with Crippen molar-refractivity contribution < 1.29 is 13.5 Å². The molecule has 0 amide bonds. The molecule has 0 bridgehead atoms. The molecule has 2 aromatic rings. The molecule has 2 fully saturated rings. The Balaban J connectivity index is 1.69. The van der Waals surface area contributed by atoms with Crippen LogP contribution < -0.4 is 5.32 Å². The zero-order chi connectivity index (χ0) is 16.7. The Kier molecular flexibility index (Phi) is 4.12. The molecule has 0 unspecified atom stereocenters. The molecule has 2 aromatic heterocycles. The summed E-state index contributed by atoms with van der Waals surface area (Å²) in [6, 6.07) is -0.368. The van der Waals surface area contributed by atoms with E-state index in [2.05, 4.69) is 15.4 Å². The number of alkyl halides is 1. The number of fused-ring (bicyclic) bond motifs is 1. The number of nitrogens with zero attached hydrogens (tertiary/aromatic N) is 3. The lowest BCUT2D eigenvalue weighted by molar-refractivity contribution is 0.0284. The lowest BCUT2D eigenvalue weighted by atomic mass is 10.0. The Hall–Kier alpha value is -1.76. The molecule has 1 N–H and O–H groups in total. The highest BCUT2D eigenvalue weighted by Crippen LogP contribution is 2.37. The van der Waals surface area contributed by atoms with Crippen LogP contribution in [0.25, 0.3) is 5.52 Å². The number of hydrogen-bond donors (Lipinski definition) is 1. The third kappa shape index (κ3) is 2.64. The highest BCUT2D eigenvalue weighted by Gasteiger charge is 2.28. The molecule has 1 aliphatic carbocycles. The maximum atomic E-state index is 14.5. The second-order valence-electron chi connectivity index (χ2n) is 6.81. The fourth-order valence-corrected chi connectivity index (χ4v) is 3.92. The topological polar surface area (TPSA) is 51.5 Å². The molecule has 3 heterocycles. The zero-order valence-corrected chi connectivity index (χ0v) is 13.8. The largest absolute Gasteiger partial charge is 0.378 e. The standard InChI is InChI=1S/C17H22F2N4O/c1-10-15(19)14-8-20-17(21-13-6-7-24-9-12(13)18)22-23(14)16(10)11-4-2-3-5-11/h8,11-13H,2-7,9H2,1H3,(H,21,22)/t12-,13-/m1/s1. The van der Waals surface area contributed by atoms with Crippen LogP contribution in [-0.4, -0.2) is 40.0 Å². The number of ether oxygens (including phenoxy) is 1. The van der Waals surface area contributed by atoms with Gasteiger partial charge in [0.2, 0.25) is 5.95 Å². The Morgan fingerprint density at radius 3 is 2.83 bits per heavy atom. The van der Waals surface area contributed by atoms with Crippen molar-refractivity contribution in [2.75, 3.05) is 18.5 Å². The van der Waals surface area contributed by atoms with Crippen molar-refractivity contribution in [2.24, 2.45) is 0 Å². The SMILES string of the molecule is Cc1c(F)c2cnc(N[C@@H]3CCOC[C@H]3F)nn2c1C1CCCC1. The highest BCUT2D eigenvalue weighted by molar-refractivity contribution is 5.54. The first-order valence-electron chi connectivity index (χ1n) is 8.67. The fourth-order valence-electron chi connectivity index (χ4n) is 3.92. The van der Waals surface area contributed by atoms with Gasteiger partial charge in [-0.25, -0.2) is 18.3 Å². The van der Waals surface area contributed by atoms with Gasteiger partial charge in [0.1, 0.15) is 11.7 Å². The number of anilines is 1. The summed E-state index contributed by atoms with van der Waals surface area (Å²) in [5.74, 6) is 0.422. The van der Waals surface area contributed by atoms with E-state index in [1.807, 2.05) is 0 Å². The molecule has 1 aliphatic heterocycles. The molecule has 1 saturated carbocycles. The Labute approximate surface area is 139 Å². The predicted molar refractivity (Wildman–Crippen MR) is 86.6 cm³/mol. The van der Waals surface area contributed by atoms with Crippen LogP contribution in [0.5, 0.6) is 0 Å². The first-order chi connectivity index (χ1) is 11.6. The van der Waals surface area contributed by atoms with Crippen LogP contribution in [0, 0.1) is 12.7 Å². The summed E-state index contributed by atoms with van der Waals surface area (Å²) in [6.45, 7) is 2.41. The van der Waals surface area contributed by atoms with E-state index < -0.39 is 6.17 Å². The summed E-state index contributed by atoms with van der Waals surface area (Å²) in [5, 5.41) is 7.53. The van der Waals surface area contributed by atoms with Crippen molar-refractivity contribution in [3.63, 3.8) is 0 Å². The van der Waals surface area contributed by atoms with Crippen LogP contribution in [0.1, 0.15) is 49.3 Å². The van der Waals surface area contributed by atoms with Crippen molar-refractivity contribution >= 4 is 11.5 Å². The maximum absolute atomic E-state index is 14.5. The normalized spacial score (nSPS) is 25.5. The van der Waals surface area contributed by atoms with E-state index in [0.29, 0.717) is 36.0 Å². The van der Waals surface area contributed by atoms with Crippen LogP contribution in [0.15, 0.2) is 6.20 Å². The van der Waals surface area contributed by atoms with E-state index >= 15 is 0 Å². The summed E-state index contributed by atoms with van der Waals surface area (Å²) in [6.07, 6.45) is 5.43. The zero-order valence-electron chi connectivity index (χ0n) is 13.8. The Morgan fingerprint density at radius 1 is 1.29 bits per heavy atom. The van der Waals surface area contributed by atoms with Crippen molar-refractivity contribution in [2.45, 2.75) is 57.2 Å². The third-order valence-corrected chi connectivity index (χ3v) is 5.24. The van der Waals surface area contributed by atoms with E-state index in [0.717, 1.165) is 18.5 Å². The van der Waals surface area contributed by atoms with Gasteiger partial charge in [-0.2, -0.15) is 0 Å². The van der Waals surface area contributed by atoms with E-state index in [9.17, 15) is 8.78 Å². The minimum atomic E-state index is -1.09. The molecule has 5 nitrogen and oxygen atoms in total. The molecule has 2 atom stereocenters. The van der Waals surface area contributed by atoms with Gasteiger partial charge in [0, 0.05) is 18.1 Å². The molecule has 2 aliphatic rings. The van der Waals surface area contributed by atoms with Crippen LogP contribution >= 0.6 is 0 Å². The molecule has 4 rings (SSSR count). The first-order valence-corrected chi connectivity index (χ1v) is 8.67. The predicted octanol–water partition coefficient (Wildman–Crippen LogP) is 3.37. The lowest BCUT2D eigenvalue weighted by Crippen LogP contribution is -2.39. The molecule has 7 heteroatoms. The van der Waals surface area contributed by atoms with Crippen molar-refractivity contribution in [1.29, 1.82) is 0 Å². The Morgan fingerprint density at radius 2 is 2.08 bits per heavy atom. The molecule has 130 valence electrons. The van der Waals surface area contributed by atoms with Gasteiger partial charge in [0.05, 0.1) is 24.5 Å². The molecule has 0 radical (unpaired) electrons. The molecule has 0 aromatic carbocycles. The summed E-state index contributed by atoms with van der Waals surface area (Å²) < 4.78 is 35.2. The summed E-state index contributed by atoms with van der Waals surface area (Å²) in [4.78, 5) is 4.19. The number of hydrogen-bond acceptors (Lipinski definition) is 4. The van der Waals surface area contributed by atoms with E-state index in [1.54, 1.807) is 11.4 Å². The number of aromatic nitrogens is 3. The Bertz CT molecular complexity index is 742. The molecular formula is C17H22F2N4O. The van der Waals surface area contributed by atoms with Gasteiger partial charge in [-0.3, -0.25) is 0 Å². The minimum Gasteiger partial charge on any atom is -0.378 e. The summed E-state index contributed by atoms with van der Waals surface area (Å²) in [5.41, 5.74) is 1.99. The van der Waals surface area contributed by atoms with E-state index in [-0.39, 0.29) is 18.5 Å². The lowest BCUT2D eigenvalue weighted by Gasteiger charge is -2.26. The van der Waals surface area contributed by atoms with Crippen molar-refractivity contribution in [3.05, 3.63) is 23.3 Å². The molecule has 1 saturated heterocycles. The summed E-state index contributed by atoms with van der Waals surface area (Å²) in [7, 11) is 0. The van der Waals surface area contributed by atoms with Gasteiger partial charge in [-0.1, -0.05) is 12.8 Å². The van der Waals surface area contributed by atoms with Crippen LogP contribution in [0.4, 0.5) is 14.7 Å². The second-order valence-corrected chi connectivity index (χ2v) is 6.81. The van der Waals surface area contributed by atoms with Gasteiger partial charge < -0.3 is 10.1 Å². The average Bonchev–Trinajstić information content (AvgIpc) is 3.18. The van der Waals surface area contributed by atoms with Crippen LogP contribution in [-0.2, 0) is 4.74 Å². The van der Waals surface area contributed by atoms with Gasteiger partial charge in [0.15, 0.2) is 5.82 Å². The smallest absolute Gasteiger partial charge is 0.241 e. The van der Waals surface area contributed by atoms with E-state index in [4.69, 9.17) is 4.74 Å². The van der Waals surface area contributed by atoms with E-state index in [1.165, 1.54) is 19.0 Å². The molecular weight excluding hydrogens is 314 g/mol. The highest BCUT2D eigenvalue weighted by atomic mass is 19.1.